The molecule has 4 rings (SSSR count). The van der Waals surface area contributed by atoms with Gasteiger partial charge in [-0.05, 0) is 49.3 Å². The standard InChI is InChI=1S/C29H31N3O2S/c1-4-23-13-9-14-24(5-2)28(23)30-29-31(21(3)17-18-22-11-7-6-8-12-22)27(20-35-29)25-15-10-16-26(19-25)32(33)34/h6-16,19-21H,4-5,17-18H2,1-3H3. The highest BCUT2D eigenvalue weighted by Crippen LogP contribution is 2.30. The molecule has 0 aliphatic rings. The van der Waals surface area contributed by atoms with Crippen molar-refractivity contribution in [1.29, 1.82) is 0 Å². The Morgan fingerprint density at radius 1 is 0.971 bits per heavy atom. The molecule has 1 aromatic heterocycles. The molecule has 0 N–H and O–H groups in total. The van der Waals surface area contributed by atoms with E-state index in [4.69, 9.17) is 4.99 Å². The molecular weight excluding hydrogens is 454 g/mol. The van der Waals surface area contributed by atoms with Crippen molar-refractivity contribution in [2.45, 2.75) is 52.5 Å². The minimum absolute atomic E-state index is 0.0975. The number of nitro groups is 1. The van der Waals surface area contributed by atoms with Crippen LogP contribution in [0.1, 0.15) is 49.9 Å². The smallest absolute Gasteiger partial charge is 0.270 e. The summed E-state index contributed by atoms with van der Waals surface area (Å²) in [7, 11) is 0. The molecule has 4 aromatic rings. The van der Waals surface area contributed by atoms with E-state index in [0.29, 0.717) is 0 Å². The third-order valence-corrected chi connectivity index (χ3v) is 7.24. The first kappa shape index (κ1) is 24.6. The number of para-hydroxylation sites is 1. The predicted octanol–water partition coefficient (Wildman–Crippen LogP) is 7.68. The van der Waals surface area contributed by atoms with Crippen molar-refractivity contribution in [3.05, 3.63) is 110 Å². The lowest BCUT2D eigenvalue weighted by atomic mass is 10.0. The third-order valence-electron chi connectivity index (χ3n) is 6.40. The van der Waals surface area contributed by atoms with Gasteiger partial charge in [-0.3, -0.25) is 10.1 Å². The number of nitro benzene ring substituents is 1. The van der Waals surface area contributed by atoms with Crippen LogP contribution in [0.15, 0.2) is 83.2 Å². The molecule has 1 unspecified atom stereocenters. The second-order valence-electron chi connectivity index (χ2n) is 8.70. The average Bonchev–Trinajstić information content (AvgIpc) is 3.31. The number of aryl methyl sites for hydroxylation is 3. The molecule has 0 fully saturated rings. The SMILES string of the molecule is CCc1cccc(CC)c1N=c1scc(-c2cccc([N+](=O)[O-])c2)n1C(C)CCc1ccccc1. The van der Waals surface area contributed by atoms with Crippen molar-refractivity contribution < 1.29 is 4.92 Å². The second kappa shape index (κ2) is 11.3. The summed E-state index contributed by atoms with van der Waals surface area (Å²) < 4.78 is 2.26. The van der Waals surface area contributed by atoms with Crippen LogP contribution >= 0.6 is 11.3 Å². The monoisotopic (exact) mass is 485 g/mol. The quantitative estimate of drug-likeness (QED) is 0.180. The first-order valence-electron chi connectivity index (χ1n) is 12.2. The van der Waals surface area contributed by atoms with E-state index in [1.54, 1.807) is 23.5 Å². The molecule has 0 spiro atoms. The molecule has 0 aliphatic carbocycles. The van der Waals surface area contributed by atoms with E-state index in [1.165, 1.54) is 22.8 Å². The van der Waals surface area contributed by atoms with Crippen molar-refractivity contribution in [1.82, 2.24) is 4.57 Å². The summed E-state index contributed by atoms with van der Waals surface area (Å²) in [5, 5.41) is 13.5. The summed E-state index contributed by atoms with van der Waals surface area (Å²) in [5.74, 6) is 0. The molecule has 0 saturated heterocycles. The highest BCUT2D eigenvalue weighted by Gasteiger charge is 2.17. The maximum Gasteiger partial charge on any atom is 0.270 e. The predicted molar refractivity (Wildman–Crippen MR) is 144 cm³/mol. The number of non-ortho nitro benzene ring substituents is 1. The van der Waals surface area contributed by atoms with Gasteiger partial charge in [-0.15, -0.1) is 11.3 Å². The summed E-state index contributed by atoms with van der Waals surface area (Å²) in [6.45, 7) is 6.53. The summed E-state index contributed by atoms with van der Waals surface area (Å²) in [6.07, 6.45) is 3.72. The summed E-state index contributed by atoms with van der Waals surface area (Å²) in [6, 6.07) is 23.9. The Hall–Kier alpha value is -3.51. The van der Waals surface area contributed by atoms with Gasteiger partial charge < -0.3 is 4.57 Å². The molecule has 0 amide bonds. The van der Waals surface area contributed by atoms with Gasteiger partial charge in [0.25, 0.3) is 5.69 Å². The maximum atomic E-state index is 11.4. The van der Waals surface area contributed by atoms with E-state index in [9.17, 15) is 10.1 Å². The number of hydrogen-bond donors (Lipinski definition) is 0. The third kappa shape index (κ3) is 5.60. The molecule has 0 aliphatic heterocycles. The van der Waals surface area contributed by atoms with Gasteiger partial charge in [-0.2, -0.15) is 0 Å². The Kier molecular flexibility index (Phi) is 7.93. The topological polar surface area (TPSA) is 60.4 Å². The molecule has 35 heavy (non-hydrogen) atoms. The molecule has 6 heteroatoms. The van der Waals surface area contributed by atoms with Crippen LogP contribution < -0.4 is 4.80 Å². The van der Waals surface area contributed by atoms with E-state index in [-0.39, 0.29) is 16.7 Å². The van der Waals surface area contributed by atoms with Gasteiger partial charge in [0.05, 0.1) is 16.3 Å². The van der Waals surface area contributed by atoms with Crippen molar-refractivity contribution in [2.24, 2.45) is 4.99 Å². The highest BCUT2D eigenvalue weighted by molar-refractivity contribution is 7.07. The fourth-order valence-electron chi connectivity index (χ4n) is 4.42. The zero-order valence-electron chi connectivity index (χ0n) is 20.5. The minimum atomic E-state index is -0.338. The maximum absolute atomic E-state index is 11.4. The Morgan fingerprint density at radius 2 is 1.66 bits per heavy atom. The highest BCUT2D eigenvalue weighted by atomic mass is 32.1. The van der Waals surface area contributed by atoms with Crippen molar-refractivity contribution >= 4 is 22.7 Å². The fraction of sp³-hybridized carbons (Fsp3) is 0.276. The summed E-state index contributed by atoms with van der Waals surface area (Å²) in [4.78, 5) is 17.2. The fourth-order valence-corrected chi connectivity index (χ4v) is 5.42. The number of benzene rings is 3. The van der Waals surface area contributed by atoms with E-state index in [1.807, 2.05) is 12.1 Å². The molecule has 1 heterocycles. The van der Waals surface area contributed by atoms with E-state index < -0.39 is 0 Å². The number of thiazole rings is 1. The molecule has 180 valence electrons. The molecule has 3 aromatic carbocycles. The molecular formula is C29H31N3O2S. The number of nitrogens with zero attached hydrogens (tertiary/aromatic N) is 3. The number of aromatic nitrogens is 1. The van der Waals surface area contributed by atoms with Gasteiger partial charge in [-0.1, -0.05) is 74.5 Å². The zero-order valence-corrected chi connectivity index (χ0v) is 21.3. The first-order valence-corrected chi connectivity index (χ1v) is 13.0. The Balaban J connectivity index is 1.84. The van der Waals surface area contributed by atoms with Gasteiger partial charge in [0.15, 0.2) is 4.80 Å². The van der Waals surface area contributed by atoms with Crippen LogP contribution in [-0.2, 0) is 19.3 Å². The Morgan fingerprint density at radius 3 is 2.31 bits per heavy atom. The van der Waals surface area contributed by atoms with Crippen LogP contribution in [0.4, 0.5) is 11.4 Å². The first-order chi connectivity index (χ1) is 17.0. The average molecular weight is 486 g/mol. The van der Waals surface area contributed by atoms with Gasteiger partial charge >= 0.3 is 0 Å². The van der Waals surface area contributed by atoms with Gasteiger partial charge in [0.1, 0.15) is 0 Å². The molecule has 0 bridgehead atoms. The minimum Gasteiger partial charge on any atom is -0.314 e. The van der Waals surface area contributed by atoms with Crippen LogP contribution in [0, 0.1) is 10.1 Å². The molecule has 1 atom stereocenters. The van der Waals surface area contributed by atoms with Crippen molar-refractivity contribution in [3.8, 4) is 11.3 Å². The van der Waals surface area contributed by atoms with Crippen LogP contribution in [0.3, 0.4) is 0 Å². The molecule has 0 radical (unpaired) electrons. The zero-order chi connectivity index (χ0) is 24.8. The molecule has 5 nitrogen and oxygen atoms in total. The summed E-state index contributed by atoms with van der Waals surface area (Å²) in [5.41, 5.74) is 6.72. The summed E-state index contributed by atoms with van der Waals surface area (Å²) >= 11 is 1.59. The van der Waals surface area contributed by atoms with Crippen molar-refractivity contribution in [2.75, 3.05) is 0 Å². The van der Waals surface area contributed by atoms with Crippen LogP contribution in [-0.4, -0.2) is 9.49 Å². The lowest BCUT2D eigenvalue weighted by Gasteiger charge is -2.18. The lowest BCUT2D eigenvalue weighted by molar-refractivity contribution is -0.384. The number of rotatable bonds is 9. The van der Waals surface area contributed by atoms with E-state index in [2.05, 4.69) is 73.2 Å². The van der Waals surface area contributed by atoms with Crippen LogP contribution in [0.25, 0.3) is 11.3 Å². The molecule has 0 saturated carbocycles. The van der Waals surface area contributed by atoms with Crippen molar-refractivity contribution in [3.63, 3.8) is 0 Å². The van der Waals surface area contributed by atoms with E-state index in [0.717, 1.165) is 47.4 Å². The largest absolute Gasteiger partial charge is 0.314 e. The van der Waals surface area contributed by atoms with Gasteiger partial charge in [0.2, 0.25) is 0 Å². The Labute approximate surface area is 210 Å². The van der Waals surface area contributed by atoms with Gasteiger partial charge in [-0.25, -0.2) is 4.99 Å². The van der Waals surface area contributed by atoms with Gasteiger partial charge in [0, 0.05) is 29.1 Å². The van der Waals surface area contributed by atoms with Crippen LogP contribution in [0.2, 0.25) is 0 Å². The Bertz CT molecular complexity index is 1350. The number of hydrogen-bond acceptors (Lipinski definition) is 4. The lowest BCUT2D eigenvalue weighted by Crippen LogP contribution is -2.20. The van der Waals surface area contributed by atoms with E-state index >= 15 is 0 Å². The normalized spacial score (nSPS) is 12.6. The second-order valence-corrected chi connectivity index (χ2v) is 9.53. The van der Waals surface area contributed by atoms with Crippen LogP contribution in [0.5, 0.6) is 0 Å².